The maximum absolute atomic E-state index is 14.0. The summed E-state index contributed by atoms with van der Waals surface area (Å²) in [7, 11) is 0. The molecule has 1 aliphatic heterocycles. The molecular weight excluding hydrogens is 410 g/mol. The zero-order chi connectivity index (χ0) is 22.3. The Balaban J connectivity index is 1.41. The van der Waals surface area contributed by atoms with E-state index in [0.29, 0.717) is 31.6 Å². The second-order valence-electron chi connectivity index (χ2n) is 8.06. The average Bonchev–Trinajstić information content (AvgIpc) is 3.21. The zero-order valence-electron chi connectivity index (χ0n) is 17.7. The quantitative estimate of drug-likeness (QED) is 0.568. The van der Waals surface area contributed by atoms with E-state index in [0.717, 1.165) is 17.2 Å². The first-order valence-corrected chi connectivity index (χ1v) is 10.7. The highest BCUT2D eigenvalue weighted by molar-refractivity contribution is 5.82. The van der Waals surface area contributed by atoms with Crippen molar-refractivity contribution in [3.63, 3.8) is 0 Å². The number of rotatable bonds is 8. The minimum Gasteiger partial charge on any atom is -0.351 e. The van der Waals surface area contributed by atoms with Gasteiger partial charge in [-0.1, -0.05) is 42.5 Å². The number of aromatic nitrogens is 1. The Kier molecular flexibility index (Phi) is 7.19. The van der Waals surface area contributed by atoms with Crippen molar-refractivity contribution in [3.8, 4) is 0 Å². The van der Waals surface area contributed by atoms with Gasteiger partial charge in [-0.15, -0.1) is 0 Å². The summed E-state index contributed by atoms with van der Waals surface area (Å²) in [4.78, 5) is 19.3. The molecule has 0 spiro atoms. The maximum atomic E-state index is 14.0. The summed E-state index contributed by atoms with van der Waals surface area (Å²) >= 11 is 0. The van der Waals surface area contributed by atoms with Crippen LogP contribution in [0.3, 0.4) is 0 Å². The number of pyridine rings is 1. The molecule has 5 nitrogen and oxygen atoms in total. The highest BCUT2D eigenvalue weighted by Gasteiger charge is 2.36. The molecule has 0 saturated carbocycles. The van der Waals surface area contributed by atoms with E-state index >= 15 is 0 Å². The van der Waals surface area contributed by atoms with Crippen LogP contribution in [0.4, 0.5) is 8.78 Å². The fraction of sp³-hybridized carbons (Fsp3) is 0.280. The lowest BCUT2D eigenvalue weighted by Crippen LogP contribution is -2.42. The predicted molar refractivity (Wildman–Crippen MR) is 118 cm³/mol. The number of amides is 1. The van der Waals surface area contributed by atoms with Crippen LogP contribution in [-0.4, -0.2) is 34.4 Å². The van der Waals surface area contributed by atoms with Crippen LogP contribution in [0.25, 0.3) is 0 Å². The standard InChI is InChI=1S/C25H26F2N4O/c26-21-9-8-20(23(27)11-21)15-29-22-12-24(25(32)30-14-19-7-4-10-28-13-19)31(17-22)16-18-5-2-1-3-6-18/h1-11,13,22,24,29H,12,14-17H2,(H,30,32)/t22-,24-/m0/s1. The predicted octanol–water partition coefficient (Wildman–Crippen LogP) is 3.41. The fourth-order valence-corrected chi connectivity index (χ4v) is 4.05. The van der Waals surface area contributed by atoms with Gasteiger partial charge in [0.1, 0.15) is 11.6 Å². The molecule has 3 aromatic rings. The molecule has 2 aromatic carbocycles. The molecule has 2 heterocycles. The van der Waals surface area contributed by atoms with Gasteiger partial charge < -0.3 is 10.6 Å². The second kappa shape index (κ2) is 10.4. The normalized spacial score (nSPS) is 18.6. The minimum atomic E-state index is -0.591. The Labute approximate surface area is 186 Å². The van der Waals surface area contributed by atoms with Crippen molar-refractivity contribution < 1.29 is 13.6 Å². The molecule has 1 aliphatic rings. The Bertz CT molecular complexity index is 1030. The molecule has 2 atom stereocenters. The molecule has 0 unspecified atom stereocenters. The SMILES string of the molecule is O=C(NCc1cccnc1)[C@@H]1C[C@H](NCc2ccc(F)cc2F)CN1Cc1ccccc1. The Morgan fingerprint density at radius 3 is 2.59 bits per heavy atom. The van der Waals surface area contributed by atoms with E-state index in [9.17, 15) is 13.6 Å². The molecule has 1 fully saturated rings. The van der Waals surface area contributed by atoms with E-state index in [1.54, 1.807) is 12.4 Å². The Hall–Kier alpha value is -3.16. The van der Waals surface area contributed by atoms with Crippen molar-refractivity contribution >= 4 is 5.91 Å². The molecule has 0 bridgehead atoms. The molecule has 0 aliphatic carbocycles. The second-order valence-corrected chi connectivity index (χ2v) is 8.06. The number of benzene rings is 2. The first kappa shape index (κ1) is 22.0. The molecule has 32 heavy (non-hydrogen) atoms. The molecule has 2 N–H and O–H groups in total. The highest BCUT2D eigenvalue weighted by atomic mass is 19.1. The zero-order valence-corrected chi connectivity index (χ0v) is 17.7. The molecule has 1 aromatic heterocycles. The van der Waals surface area contributed by atoms with Crippen LogP contribution in [-0.2, 0) is 24.4 Å². The molecule has 166 valence electrons. The van der Waals surface area contributed by atoms with Gasteiger partial charge in [0.2, 0.25) is 5.91 Å². The number of likely N-dealkylation sites (tertiary alicyclic amines) is 1. The van der Waals surface area contributed by atoms with Gasteiger partial charge >= 0.3 is 0 Å². The van der Waals surface area contributed by atoms with E-state index in [1.165, 1.54) is 12.1 Å². The third-order valence-corrected chi connectivity index (χ3v) is 5.72. The van der Waals surface area contributed by atoms with Crippen molar-refractivity contribution in [1.82, 2.24) is 20.5 Å². The van der Waals surface area contributed by atoms with Gasteiger partial charge in [-0.3, -0.25) is 14.7 Å². The van der Waals surface area contributed by atoms with Gasteiger partial charge in [0.05, 0.1) is 6.04 Å². The number of nitrogens with zero attached hydrogens (tertiary/aromatic N) is 2. The monoisotopic (exact) mass is 436 g/mol. The summed E-state index contributed by atoms with van der Waals surface area (Å²) in [6, 6.07) is 17.1. The average molecular weight is 437 g/mol. The lowest BCUT2D eigenvalue weighted by atomic mass is 10.1. The van der Waals surface area contributed by atoms with Crippen molar-refractivity contribution in [2.75, 3.05) is 6.54 Å². The molecule has 1 saturated heterocycles. The van der Waals surface area contributed by atoms with Gasteiger partial charge in [-0.2, -0.15) is 0 Å². The summed E-state index contributed by atoms with van der Waals surface area (Å²) in [5, 5.41) is 6.35. The van der Waals surface area contributed by atoms with Gasteiger partial charge in [-0.05, 0) is 29.7 Å². The summed E-state index contributed by atoms with van der Waals surface area (Å²) in [5.74, 6) is -1.20. The first-order valence-electron chi connectivity index (χ1n) is 10.7. The van der Waals surface area contributed by atoms with Crippen LogP contribution < -0.4 is 10.6 Å². The summed E-state index contributed by atoms with van der Waals surface area (Å²) in [5.41, 5.74) is 2.48. The number of hydrogen-bond donors (Lipinski definition) is 2. The van der Waals surface area contributed by atoms with Crippen molar-refractivity contribution in [2.24, 2.45) is 0 Å². The first-order chi connectivity index (χ1) is 15.6. The third kappa shape index (κ3) is 5.75. The fourth-order valence-electron chi connectivity index (χ4n) is 4.05. The molecular formula is C25H26F2N4O. The van der Waals surface area contributed by atoms with Gasteiger partial charge in [0.15, 0.2) is 0 Å². The smallest absolute Gasteiger partial charge is 0.237 e. The number of hydrogen-bond acceptors (Lipinski definition) is 4. The molecule has 7 heteroatoms. The number of nitrogens with one attached hydrogen (secondary N) is 2. The van der Waals surface area contributed by atoms with Crippen molar-refractivity contribution in [1.29, 1.82) is 0 Å². The van der Waals surface area contributed by atoms with E-state index in [2.05, 4.69) is 20.5 Å². The molecule has 4 rings (SSSR count). The summed E-state index contributed by atoms with van der Waals surface area (Å²) in [6.45, 7) is 2.00. The van der Waals surface area contributed by atoms with Crippen LogP contribution in [0.2, 0.25) is 0 Å². The Morgan fingerprint density at radius 2 is 1.84 bits per heavy atom. The van der Waals surface area contributed by atoms with E-state index in [-0.39, 0.29) is 24.5 Å². The molecule has 1 amide bonds. The summed E-state index contributed by atoms with van der Waals surface area (Å²) in [6.07, 6.45) is 4.04. The largest absolute Gasteiger partial charge is 0.351 e. The highest BCUT2D eigenvalue weighted by Crippen LogP contribution is 2.22. The van der Waals surface area contributed by atoms with Crippen molar-refractivity contribution in [3.05, 3.63) is 101 Å². The van der Waals surface area contributed by atoms with Gasteiger partial charge in [0, 0.05) is 56.2 Å². The number of carbonyl (C=O) groups excluding carboxylic acids is 1. The van der Waals surface area contributed by atoms with Crippen LogP contribution in [0.1, 0.15) is 23.1 Å². The van der Waals surface area contributed by atoms with Crippen LogP contribution >= 0.6 is 0 Å². The van der Waals surface area contributed by atoms with Crippen LogP contribution in [0, 0.1) is 11.6 Å². The lowest BCUT2D eigenvalue weighted by Gasteiger charge is -2.23. The van der Waals surface area contributed by atoms with Crippen LogP contribution in [0.15, 0.2) is 73.1 Å². The number of halogens is 2. The Morgan fingerprint density at radius 1 is 1.03 bits per heavy atom. The van der Waals surface area contributed by atoms with Gasteiger partial charge in [-0.25, -0.2) is 8.78 Å². The third-order valence-electron chi connectivity index (χ3n) is 5.72. The van der Waals surface area contributed by atoms with Crippen LogP contribution in [0.5, 0.6) is 0 Å². The van der Waals surface area contributed by atoms with E-state index in [1.807, 2.05) is 42.5 Å². The van der Waals surface area contributed by atoms with E-state index in [4.69, 9.17) is 0 Å². The maximum Gasteiger partial charge on any atom is 0.237 e. The topological polar surface area (TPSA) is 57.3 Å². The van der Waals surface area contributed by atoms with Crippen molar-refractivity contribution in [2.45, 2.75) is 38.1 Å². The minimum absolute atomic E-state index is 0.0114. The summed E-state index contributed by atoms with van der Waals surface area (Å²) < 4.78 is 27.2. The lowest BCUT2D eigenvalue weighted by molar-refractivity contribution is -0.125. The van der Waals surface area contributed by atoms with E-state index < -0.39 is 11.6 Å². The molecule has 0 radical (unpaired) electrons. The number of carbonyl (C=O) groups is 1. The van der Waals surface area contributed by atoms with Gasteiger partial charge in [0.25, 0.3) is 0 Å².